The number of nitriles is 2. The number of hydrogen-bond acceptors (Lipinski definition) is 3. The third kappa shape index (κ3) is 3.25. The highest BCUT2D eigenvalue weighted by atomic mass is 14.8. The standard InChI is InChI=1S/C17H13N3/c1-13-4-2-5-15(8-13)16-6-3-7-17(9-16)20-12-14(10-18)11-19/h2-9,12,20H,1H3. The van der Waals surface area contributed by atoms with E-state index < -0.39 is 0 Å². The summed E-state index contributed by atoms with van der Waals surface area (Å²) in [6.07, 6.45) is 1.41. The third-order valence-corrected chi connectivity index (χ3v) is 2.84. The van der Waals surface area contributed by atoms with Gasteiger partial charge in [-0.15, -0.1) is 0 Å². The molecule has 0 bridgehead atoms. The van der Waals surface area contributed by atoms with Gasteiger partial charge in [0.25, 0.3) is 0 Å². The SMILES string of the molecule is Cc1cccc(-c2cccc(NC=C(C#N)C#N)c2)c1. The summed E-state index contributed by atoms with van der Waals surface area (Å²) in [6, 6.07) is 19.7. The molecule has 0 unspecified atom stereocenters. The van der Waals surface area contributed by atoms with E-state index in [-0.39, 0.29) is 5.57 Å². The second-order valence-corrected chi connectivity index (χ2v) is 4.38. The zero-order valence-electron chi connectivity index (χ0n) is 11.1. The monoisotopic (exact) mass is 259 g/mol. The second kappa shape index (κ2) is 6.22. The Morgan fingerprint density at radius 3 is 2.30 bits per heavy atom. The number of anilines is 1. The Bertz CT molecular complexity index is 714. The summed E-state index contributed by atoms with van der Waals surface area (Å²) in [4.78, 5) is 0. The van der Waals surface area contributed by atoms with Crippen LogP contribution in [0.1, 0.15) is 5.56 Å². The van der Waals surface area contributed by atoms with E-state index in [1.54, 1.807) is 0 Å². The molecule has 96 valence electrons. The largest absolute Gasteiger partial charge is 0.360 e. The van der Waals surface area contributed by atoms with E-state index in [2.05, 4.69) is 30.4 Å². The van der Waals surface area contributed by atoms with Crippen LogP contribution in [-0.2, 0) is 0 Å². The molecule has 2 rings (SSSR count). The summed E-state index contributed by atoms with van der Waals surface area (Å²) in [5.74, 6) is 0. The minimum Gasteiger partial charge on any atom is -0.360 e. The van der Waals surface area contributed by atoms with Crippen molar-refractivity contribution in [3.8, 4) is 23.3 Å². The Morgan fingerprint density at radius 1 is 1.00 bits per heavy atom. The first-order chi connectivity index (χ1) is 9.72. The Kier molecular flexibility index (Phi) is 4.17. The van der Waals surface area contributed by atoms with Crippen LogP contribution in [0.15, 0.2) is 60.3 Å². The van der Waals surface area contributed by atoms with Crippen molar-refractivity contribution in [3.63, 3.8) is 0 Å². The van der Waals surface area contributed by atoms with Gasteiger partial charge in [0.05, 0.1) is 0 Å². The van der Waals surface area contributed by atoms with Crippen molar-refractivity contribution < 1.29 is 0 Å². The average Bonchev–Trinajstić information content (AvgIpc) is 2.49. The van der Waals surface area contributed by atoms with Gasteiger partial charge in [-0.1, -0.05) is 42.0 Å². The van der Waals surface area contributed by atoms with Gasteiger partial charge in [-0.25, -0.2) is 0 Å². The molecule has 0 heterocycles. The van der Waals surface area contributed by atoms with Crippen LogP contribution >= 0.6 is 0 Å². The number of aryl methyl sites for hydroxylation is 1. The molecule has 0 radical (unpaired) electrons. The zero-order chi connectivity index (χ0) is 14.4. The number of rotatable bonds is 3. The molecule has 1 N–H and O–H groups in total. The molecule has 0 aliphatic rings. The van der Waals surface area contributed by atoms with Gasteiger partial charge in [0.2, 0.25) is 0 Å². The highest BCUT2D eigenvalue weighted by molar-refractivity contribution is 5.69. The molecule has 0 atom stereocenters. The number of nitrogens with zero attached hydrogens (tertiary/aromatic N) is 2. The molecule has 0 saturated heterocycles. The highest BCUT2D eigenvalue weighted by Crippen LogP contribution is 2.23. The van der Waals surface area contributed by atoms with Crippen LogP contribution in [0.2, 0.25) is 0 Å². The first kappa shape index (κ1) is 13.4. The van der Waals surface area contributed by atoms with Gasteiger partial charge in [-0.05, 0) is 30.2 Å². The lowest BCUT2D eigenvalue weighted by Crippen LogP contribution is -1.90. The quantitative estimate of drug-likeness (QED) is 0.847. The summed E-state index contributed by atoms with van der Waals surface area (Å²) in [6.45, 7) is 2.06. The molecular formula is C17H13N3. The van der Waals surface area contributed by atoms with Crippen LogP contribution < -0.4 is 5.32 Å². The molecule has 2 aromatic carbocycles. The van der Waals surface area contributed by atoms with E-state index in [1.807, 2.05) is 42.5 Å². The van der Waals surface area contributed by atoms with Gasteiger partial charge in [-0.2, -0.15) is 10.5 Å². The summed E-state index contributed by atoms with van der Waals surface area (Å²) < 4.78 is 0. The van der Waals surface area contributed by atoms with Gasteiger partial charge in [-0.3, -0.25) is 0 Å². The number of hydrogen-bond donors (Lipinski definition) is 1. The normalized spacial score (nSPS) is 9.15. The van der Waals surface area contributed by atoms with E-state index >= 15 is 0 Å². The lowest BCUT2D eigenvalue weighted by atomic mass is 10.0. The van der Waals surface area contributed by atoms with Crippen molar-refractivity contribution in [1.29, 1.82) is 10.5 Å². The van der Waals surface area contributed by atoms with Crippen molar-refractivity contribution in [2.75, 3.05) is 5.32 Å². The van der Waals surface area contributed by atoms with E-state index in [0.717, 1.165) is 16.8 Å². The number of benzene rings is 2. The molecule has 0 aliphatic heterocycles. The van der Waals surface area contributed by atoms with Gasteiger partial charge in [0, 0.05) is 11.9 Å². The molecule has 20 heavy (non-hydrogen) atoms. The van der Waals surface area contributed by atoms with E-state index in [0.29, 0.717) is 0 Å². The Morgan fingerprint density at radius 2 is 1.65 bits per heavy atom. The molecule has 0 saturated carbocycles. The summed E-state index contributed by atoms with van der Waals surface area (Å²) in [5, 5.41) is 20.3. The minimum atomic E-state index is 0.0472. The van der Waals surface area contributed by atoms with Crippen LogP contribution in [-0.4, -0.2) is 0 Å². The Hall–Kier alpha value is -3.04. The maximum absolute atomic E-state index is 8.69. The van der Waals surface area contributed by atoms with E-state index in [4.69, 9.17) is 10.5 Å². The van der Waals surface area contributed by atoms with Crippen LogP contribution in [0.5, 0.6) is 0 Å². The Balaban J connectivity index is 2.28. The highest BCUT2D eigenvalue weighted by Gasteiger charge is 1.99. The van der Waals surface area contributed by atoms with Crippen LogP contribution in [0.25, 0.3) is 11.1 Å². The van der Waals surface area contributed by atoms with Crippen molar-refractivity contribution in [3.05, 3.63) is 65.9 Å². The second-order valence-electron chi connectivity index (χ2n) is 4.38. The number of nitrogens with one attached hydrogen (secondary N) is 1. The maximum atomic E-state index is 8.69. The lowest BCUT2D eigenvalue weighted by molar-refractivity contribution is 1.44. The molecule has 3 heteroatoms. The Labute approximate surface area is 118 Å². The topological polar surface area (TPSA) is 59.6 Å². The number of allylic oxidation sites excluding steroid dienone is 1. The maximum Gasteiger partial charge on any atom is 0.145 e. The summed E-state index contributed by atoms with van der Waals surface area (Å²) >= 11 is 0. The molecule has 0 amide bonds. The summed E-state index contributed by atoms with van der Waals surface area (Å²) in [7, 11) is 0. The predicted molar refractivity (Wildman–Crippen MR) is 79.5 cm³/mol. The lowest BCUT2D eigenvalue weighted by Gasteiger charge is -2.06. The van der Waals surface area contributed by atoms with Gasteiger partial charge >= 0.3 is 0 Å². The fourth-order valence-electron chi connectivity index (χ4n) is 1.86. The van der Waals surface area contributed by atoms with Gasteiger partial charge < -0.3 is 5.32 Å². The smallest absolute Gasteiger partial charge is 0.145 e. The molecule has 2 aromatic rings. The van der Waals surface area contributed by atoms with Gasteiger partial charge in [0.1, 0.15) is 17.7 Å². The predicted octanol–water partition coefficient (Wildman–Crippen LogP) is 4.00. The van der Waals surface area contributed by atoms with E-state index in [1.165, 1.54) is 11.8 Å². The first-order valence-corrected chi connectivity index (χ1v) is 6.17. The van der Waals surface area contributed by atoms with Gasteiger partial charge in [0.15, 0.2) is 0 Å². The first-order valence-electron chi connectivity index (χ1n) is 6.17. The molecular weight excluding hydrogens is 246 g/mol. The van der Waals surface area contributed by atoms with Crippen LogP contribution in [0.4, 0.5) is 5.69 Å². The van der Waals surface area contributed by atoms with Crippen molar-refractivity contribution in [1.82, 2.24) is 0 Å². The molecule has 0 aliphatic carbocycles. The van der Waals surface area contributed by atoms with Crippen molar-refractivity contribution in [2.45, 2.75) is 6.92 Å². The molecule has 3 nitrogen and oxygen atoms in total. The summed E-state index contributed by atoms with van der Waals surface area (Å²) in [5.41, 5.74) is 4.32. The van der Waals surface area contributed by atoms with Crippen LogP contribution in [0, 0.1) is 29.6 Å². The van der Waals surface area contributed by atoms with Crippen molar-refractivity contribution >= 4 is 5.69 Å². The zero-order valence-corrected chi connectivity index (χ0v) is 11.1. The molecule has 0 spiro atoms. The van der Waals surface area contributed by atoms with Crippen molar-refractivity contribution in [2.24, 2.45) is 0 Å². The third-order valence-electron chi connectivity index (χ3n) is 2.84. The fraction of sp³-hybridized carbons (Fsp3) is 0.0588. The van der Waals surface area contributed by atoms with E-state index in [9.17, 15) is 0 Å². The molecule has 0 aromatic heterocycles. The fourth-order valence-corrected chi connectivity index (χ4v) is 1.86. The van der Waals surface area contributed by atoms with Crippen LogP contribution in [0.3, 0.4) is 0 Å². The average molecular weight is 259 g/mol. The molecule has 0 fully saturated rings. The minimum absolute atomic E-state index is 0.0472.